The molecule has 0 radical (unpaired) electrons. The average molecular weight is 392 g/mol. The summed E-state index contributed by atoms with van der Waals surface area (Å²) in [6.07, 6.45) is 3.09. The van der Waals surface area contributed by atoms with E-state index in [9.17, 15) is 20.0 Å². The number of hydrogen-bond acceptors (Lipinski definition) is 4. The molecule has 150 valence electrons. The van der Waals surface area contributed by atoms with E-state index >= 15 is 0 Å². The molecule has 0 saturated carbocycles. The maximum atomic E-state index is 12.6. The van der Waals surface area contributed by atoms with Crippen LogP contribution in [0.2, 0.25) is 0 Å². The number of hydrogen-bond donors (Lipinski definition) is 2. The second-order valence-corrected chi connectivity index (χ2v) is 7.03. The number of carbonyl (C=O) groups excluding carboxylic acids is 1. The molecule has 6 nitrogen and oxygen atoms in total. The van der Waals surface area contributed by atoms with Crippen molar-refractivity contribution >= 4 is 22.4 Å². The van der Waals surface area contributed by atoms with Crippen LogP contribution in [-0.2, 0) is 4.79 Å². The van der Waals surface area contributed by atoms with Crippen molar-refractivity contribution in [2.75, 3.05) is 0 Å². The van der Waals surface area contributed by atoms with E-state index in [1.807, 2.05) is 30.3 Å². The number of unbranched alkanes of at least 4 members (excludes halogenated alkanes) is 2. The first kappa shape index (κ1) is 20.3. The van der Waals surface area contributed by atoms with Crippen LogP contribution in [0.4, 0.5) is 5.69 Å². The summed E-state index contributed by atoms with van der Waals surface area (Å²) in [5.74, 6) is -0.114. The summed E-state index contributed by atoms with van der Waals surface area (Å²) >= 11 is 0. The van der Waals surface area contributed by atoms with Crippen LogP contribution < -0.4 is 5.32 Å². The fourth-order valence-corrected chi connectivity index (χ4v) is 3.50. The molecule has 0 aromatic heterocycles. The number of amides is 1. The molecular weight excluding hydrogens is 368 g/mol. The van der Waals surface area contributed by atoms with Crippen molar-refractivity contribution in [1.29, 1.82) is 0 Å². The van der Waals surface area contributed by atoms with Gasteiger partial charge in [0, 0.05) is 24.1 Å². The van der Waals surface area contributed by atoms with Crippen molar-refractivity contribution in [2.45, 2.75) is 38.6 Å². The van der Waals surface area contributed by atoms with Crippen molar-refractivity contribution in [2.24, 2.45) is 0 Å². The molecule has 0 aliphatic carbocycles. The Kier molecular flexibility index (Phi) is 6.44. The number of carbonyl (C=O) groups is 1. The first-order valence-electron chi connectivity index (χ1n) is 9.75. The van der Waals surface area contributed by atoms with Gasteiger partial charge in [0.05, 0.1) is 11.0 Å². The predicted octanol–water partition coefficient (Wildman–Crippen LogP) is 5.24. The lowest BCUT2D eigenvalue weighted by molar-refractivity contribution is -0.384. The summed E-state index contributed by atoms with van der Waals surface area (Å²) in [4.78, 5) is 23.4. The molecule has 0 fully saturated rings. The largest absolute Gasteiger partial charge is 0.508 e. The van der Waals surface area contributed by atoms with E-state index in [0.717, 1.165) is 30.0 Å². The average Bonchev–Trinajstić information content (AvgIpc) is 2.73. The van der Waals surface area contributed by atoms with Crippen LogP contribution in [0.5, 0.6) is 5.75 Å². The van der Waals surface area contributed by atoms with Crippen molar-refractivity contribution < 1.29 is 14.8 Å². The maximum absolute atomic E-state index is 12.6. The Bertz CT molecular complexity index is 1030. The van der Waals surface area contributed by atoms with E-state index < -0.39 is 11.0 Å². The third kappa shape index (κ3) is 4.71. The fraction of sp³-hybridized carbons (Fsp3) is 0.261. The minimum absolute atomic E-state index is 0.0362. The number of fused-ring (bicyclic) bond motifs is 1. The summed E-state index contributed by atoms with van der Waals surface area (Å²) in [5.41, 5.74) is 1.02. The highest BCUT2D eigenvalue weighted by atomic mass is 16.6. The molecule has 0 aliphatic rings. The van der Waals surface area contributed by atoms with Gasteiger partial charge in [-0.2, -0.15) is 0 Å². The Hall–Kier alpha value is -3.41. The summed E-state index contributed by atoms with van der Waals surface area (Å²) in [6, 6.07) is 16.4. The normalized spacial score (nSPS) is 11.9. The minimum atomic E-state index is -0.699. The molecule has 3 aromatic rings. The van der Waals surface area contributed by atoms with Gasteiger partial charge in [-0.3, -0.25) is 14.9 Å². The molecule has 1 atom stereocenters. The number of nitrogens with zero attached hydrogens (tertiary/aromatic N) is 1. The number of rotatable bonds is 8. The highest BCUT2D eigenvalue weighted by Gasteiger charge is 2.24. The SMILES string of the molecule is CCCCCC(=O)NC(c1cccc([N+](=O)[O-])c1)c1c(O)ccc2ccccc12. The Morgan fingerprint density at radius 1 is 1.10 bits per heavy atom. The summed E-state index contributed by atoms with van der Waals surface area (Å²) in [5, 5.41) is 26.6. The molecule has 0 aliphatic heterocycles. The third-order valence-electron chi connectivity index (χ3n) is 4.96. The van der Waals surface area contributed by atoms with E-state index in [-0.39, 0.29) is 17.3 Å². The zero-order chi connectivity index (χ0) is 20.8. The summed E-state index contributed by atoms with van der Waals surface area (Å²) in [6.45, 7) is 2.07. The molecule has 29 heavy (non-hydrogen) atoms. The van der Waals surface area contributed by atoms with Gasteiger partial charge in [-0.15, -0.1) is 0 Å². The summed E-state index contributed by atoms with van der Waals surface area (Å²) < 4.78 is 0. The van der Waals surface area contributed by atoms with Crippen molar-refractivity contribution in [3.63, 3.8) is 0 Å². The van der Waals surface area contributed by atoms with Gasteiger partial charge in [-0.25, -0.2) is 0 Å². The van der Waals surface area contributed by atoms with Crippen molar-refractivity contribution in [1.82, 2.24) is 5.32 Å². The molecule has 0 spiro atoms. The minimum Gasteiger partial charge on any atom is -0.508 e. The van der Waals surface area contributed by atoms with E-state index in [1.165, 1.54) is 12.1 Å². The third-order valence-corrected chi connectivity index (χ3v) is 4.96. The van der Waals surface area contributed by atoms with Gasteiger partial charge in [0.1, 0.15) is 5.75 Å². The quantitative estimate of drug-likeness (QED) is 0.311. The molecule has 0 heterocycles. The molecule has 1 unspecified atom stereocenters. The Morgan fingerprint density at radius 2 is 1.90 bits per heavy atom. The lowest BCUT2D eigenvalue weighted by Crippen LogP contribution is -2.29. The lowest BCUT2D eigenvalue weighted by atomic mass is 9.92. The molecule has 6 heteroatoms. The number of non-ortho nitro benzene ring substituents is 1. The second kappa shape index (κ2) is 9.19. The molecular formula is C23H24N2O4. The number of nitro benzene ring substituents is 1. The molecule has 2 N–H and O–H groups in total. The highest BCUT2D eigenvalue weighted by molar-refractivity contribution is 5.89. The monoisotopic (exact) mass is 392 g/mol. The molecule has 0 saturated heterocycles. The van der Waals surface area contributed by atoms with Crippen molar-refractivity contribution in [3.05, 3.63) is 81.9 Å². The predicted molar refractivity (Wildman–Crippen MR) is 113 cm³/mol. The zero-order valence-electron chi connectivity index (χ0n) is 16.3. The standard InChI is InChI=1S/C23H24N2O4/c1-2-3-4-12-21(27)24-23(17-9-7-10-18(15-17)25(28)29)22-19-11-6-5-8-16(19)13-14-20(22)26/h5-11,13-15,23,26H,2-4,12H2,1H3,(H,24,27). The van der Waals surface area contributed by atoms with Crippen LogP contribution >= 0.6 is 0 Å². The van der Waals surface area contributed by atoms with Crippen LogP contribution in [0.25, 0.3) is 10.8 Å². The van der Waals surface area contributed by atoms with Gasteiger partial charge in [-0.05, 0) is 28.8 Å². The van der Waals surface area contributed by atoms with Gasteiger partial charge in [0.2, 0.25) is 5.91 Å². The van der Waals surface area contributed by atoms with Crippen LogP contribution in [-0.4, -0.2) is 15.9 Å². The van der Waals surface area contributed by atoms with Gasteiger partial charge >= 0.3 is 0 Å². The van der Waals surface area contributed by atoms with Gasteiger partial charge < -0.3 is 10.4 Å². The number of benzene rings is 3. The molecule has 1 amide bonds. The van der Waals surface area contributed by atoms with Gasteiger partial charge in [0.25, 0.3) is 5.69 Å². The van der Waals surface area contributed by atoms with E-state index in [2.05, 4.69) is 12.2 Å². The number of phenols is 1. The van der Waals surface area contributed by atoms with E-state index in [4.69, 9.17) is 0 Å². The van der Waals surface area contributed by atoms with E-state index in [1.54, 1.807) is 18.2 Å². The molecule has 3 aromatic carbocycles. The second-order valence-electron chi connectivity index (χ2n) is 7.03. The van der Waals surface area contributed by atoms with Crippen LogP contribution in [0.1, 0.15) is 49.8 Å². The zero-order valence-corrected chi connectivity index (χ0v) is 16.3. The lowest BCUT2D eigenvalue weighted by Gasteiger charge is -2.22. The first-order valence-corrected chi connectivity index (χ1v) is 9.75. The van der Waals surface area contributed by atoms with Crippen LogP contribution in [0.15, 0.2) is 60.7 Å². The molecule has 3 rings (SSSR count). The number of nitrogens with one attached hydrogen (secondary N) is 1. The van der Waals surface area contributed by atoms with Crippen molar-refractivity contribution in [3.8, 4) is 5.75 Å². The fourth-order valence-electron chi connectivity index (χ4n) is 3.50. The summed E-state index contributed by atoms with van der Waals surface area (Å²) in [7, 11) is 0. The smallest absolute Gasteiger partial charge is 0.269 e. The van der Waals surface area contributed by atoms with Crippen LogP contribution in [0, 0.1) is 10.1 Å². The molecule has 0 bridgehead atoms. The Morgan fingerprint density at radius 3 is 2.66 bits per heavy atom. The first-order chi connectivity index (χ1) is 14.0. The Labute approximate surface area is 169 Å². The highest BCUT2D eigenvalue weighted by Crippen LogP contribution is 2.36. The number of aromatic hydroxyl groups is 1. The number of phenolic OH excluding ortho intramolecular Hbond substituents is 1. The topological polar surface area (TPSA) is 92.5 Å². The van der Waals surface area contributed by atoms with Crippen LogP contribution in [0.3, 0.4) is 0 Å². The Balaban J connectivity index is 2.09. The van der Waals surface area contributed by atoms with Gasteiger partial charge in [0.15, 0.2) is 0 Å². The number of nitro groups is 1. The van der Waals surface area contributed by atoms with Gasteiger partial charge in [-0.1, -0.05) is 62.2 Å². The van der Waals surface area contributed by atoms with E-state index in [0.29, 0.717) is 17.5 Å². The maximum Gasteiger partial charge on any atom is 0.269 e.